The van der Waals surface area contributed by atoms with E-state index in [1.165, 1.54) is 0 Å². The van der Waals surface area contributed by atoms with Gasteiger partial charge < -0.3 is 4.74 Å². The van der Waals surface area contributed by atoms with Crippen LogP contribution in [-0.4, -0.2) is 24.2 Å². The first-order chi connectivity index (χ1) is 4.79. The summed E-state index contributed by atoms with van der Waals surface area (Å²) < 4.78 is 31.7. The van der Waals surface area contributed by atoms with Crippen molar-refractivity contribution in [2.24, 2.45) is 5.84 Å². The molecule has 0 aliphatic carbocycles. The molecule has 1 heterocycles. The first-order valence-electron chi connectivity index (χ1n) is 3.57. The van der Waals surface area contributed by atoms with Crippen molar-refractivity contribution in [3.8, 4) is 0 Å². The van der Waals surface area contributed by atoms with Crippen LogP contribution in [-0.2, 0) is 4.74 Å². The smallest absolute Gasteiger partial charge is 0.424 e. The number of ether oxygens (including phenoxy) is 1. The summed E-state index contributed by atoms with van der Waals surface area (Å²) in [5, 5.41) is 0.0903. The highest BCUT2D eigenvalue weighted by atomic mass is 35.5. The zero-order valence-corrected chi connectivity index (χ0v) is 4.57. The molecule has 1 amide bonds. The summed E-state index contributed by atoms with van der Waals surface area (Å²) in [4.78, 5) is 10.5. The lowest BCUT2D eigenvalue weighted by Gasteiger charge is -1.98. The lowest BCUT2D eigenvalue weighted by atomic mass is 10.7. The molecule has 48 valence electrons. The van der Waals surface area contributed by atoms with Crippen LogP contribution in [0.5, 0.6) is 0 Å². The van der Waals surface area contributed by atoms with Gasteiger partial charge in [-0.25, -0.2) is 15.6 Å². The summed E-state index contributed by atoms with van der Waals surface area (Å²) >= 11 is 0. The molecule has 0 aromatic heterocycles. The number of carbonyl (C=O) groups is 1. The Balaban J connectivity index is 0.00000121. The van der Waals surface area contributed by atoms with Crippen molar-refractivity contribution in [2.75, 3.05) is 13.1 Å². The summed E-state index contributed by atoms with van der Waals surface area (Å²) in [5.74, 6) is 4.88. The second-order valence-electron chi connectivity index (χ2n) is 0.952. The molecular formula is C3H7ClN2O2. The van der Waals surface area contributed by atoms with Gasteiger partial charge in [-0.05, 0) is 0 Å². The van der Waals surface area contributed by atoms with Crippen LogP contribution in [0.25, 0.3) is 0 Å². The topological polar surface area (TPSA) is 55.6 Å². The highest BCUT2D eigenvalue weighted by molar-refractivity contribution is 5.85. The zero-order chi connectivity index (χ0) is 8.86. The molecular weight excluding hydrogens is 131 g/mol. The van der Waals surface area contributed by atoms with E-state index in [1.807, 2.05) is 0 Å². The summed E-state index contributed by atoms with van der Waals surface area (Å²) in [7, 11) is 0. The number of hydrogen-bond acceptors (Lipinski definition) is 3. The van der Waals surface area contributed by atoms with Crippen LogP contribution in [0.15, 0.2) is 0 Å². The number of carbonyl (C=O) groups excluding carboxylic acids is 1. The minimum Gasteiger partial charge on any atom is -0.447 e. The van der Waals surface area contributed by atoms with Gasteiger partial charge in [0.1, 0.15) is 6.56 Å². The van der Waals surface area contributed by atoms with Crippen molar-refractivity contribution in [1.82, 2.24) is 5.01 Å². The van der Waals surface area contributed by atoms with Crippen LogP contribution in [0.1, 0.15) is 5.48 Å². The van der Waals surface area contributed by atoms with Gasteiger partial charge >= 0.3 is 6.09 Å². The molecule has 4 nitrogen and oxygen atoms in total. The van der Waals surface area contributed by atoms with Gasteiger partial charge in [-0.3, -0.25) is 0 Å². The second kappa shape index (κ2) is 2.74. The average molecular weight is 143 g/mol. The zero-order valence-electron chi connectivity index (χ0n) is 7.75. The van der Waals surface area contributed by atoms with E-state index in [0.717, 1.165) is 0 Å². The maximum atomic E-state index is 10.5. The molecule has 0 spiro atoms. The standard InChI is InChI=1S/C3H6N2O2.ClH/c4-5-1-2-7-3(5)6;/h1-2,4H2;1H/i1D2,2D2;. The fourth-order valence-electron chi connectivity index (χ4n) is 0.210. The fraction of sp³-hybridized carbons (Fsp3) is 0.667. The number of nitrogens with two attached hydrogens (primary N) is 1. The van der Waals surface area contributed by atoms with E-state index >= 15 is 0 Å². The van der Waals surface area contributed by atoms with E-state index in [-0.39, 0.29) is 17.4 Å². The van der Waals surface area contributed by atoms with E-state index in [2.05, 4.69) is 4.74 Å². The largest absolute Gasteiger partial charge is 0.447 e. The van der Waals surface area contributed by atoms with Crippen molar-refractivity contribution >= 4 is 18.5 Å². The highest BCUT2D eigenvalue weighted by Crippen LogP contribution is 1.93. The van der Waals surface area contributed by atoms with Crippen LogP contribution in [0.2, 0.25) is 0 Å². The fourth-order valence-corrected chi connectivity index (χ4v) is 0.210. The van der Waals surface area contributed by atoms with Gasteiger partial charge in [-0.2, -0.15) is 0 Å². The van der Waals surface area contributed by atoms with Gasteiger partial charge in [-0.15, -0.1) is 12.4 Å². The number of nitrogens with zero attached hydrogens (tertiary/aromatic N) is 1. The monoisotopic (exact) mass is 142 g/mol. The number of hydrogen-bond donors (Lipinski definition) is 1. The van der Waals surface area contributed by atoms with Crippen LogP contribution in [0.3, 0.4) is 0 Å². The predicted molar refractivity (Wildman–Crippen MR) is 29.5 cm³/mol. The van der Waals surface area contributed by atoms with E-state index in [9.17, 15) is 4.79 Å². The molecule has 0 bridgehead atoms. The van der Waals surface area contributed by atoms with Crippen LogP contribution < -0.4 is 5.84 Å². The number of rotatable bonds is 0. The summed E-state index contributed by atoms with van der Waals surface area (Å²) in [5.41, 5.74) is 0. The number of hydrazine groups is 1. The van der Waals surface area contributed by atoms with Gasteiger partial charge in [0, 0.05) is 0 Å². The molecule has 1 aliphatic heterocycles. The Bertz CT molecular complexity index is 210. The third-order valence-electron chi connectivity index (χ3n) is 0.501. The second-order valence-corrected chi connectivity index (χ2v) is 0.952. The van der Waals surface area contributed by atoms with Crippen molar-refractivity contribution in [1.29, 1.82) is 0 Å². The maximum absolute atomic E-state index is 10.5. The normalized spacial score (nSPS) is 37.6. The van der Waals surface area contributed by atoms with E-state index in [4.69, 9.17) is 11.3 Å². The first-order valence-corrected chi connectivity index (χ1v) is 1.57. The molecule has 0 atom stereocenters. The first kappa shape index (κ1) is 2.89. The van der Waals surface area contributed by atoms with Crippen LogP contribution in [0, 0.1) is 0 Å². The van der Waals surface area contributed by atoms with Crippen molar-refractivity contribution in [3.63, 3.8) is 0 Å². The van der Waals surface area contributed by atoms with E-state index in [0.29, 0.717) is 0 Å². The number of halogens is 1. The molecule has 0 saturated carbocycles. The van der Waals surface area contributed by atoms with E-state index in [1.54, 1.807) is 0 Å². The Labute approximate surface area is 58.6 Å². The van der Waals surface area contributed by atoms with Gasteiger partial charge in [0.2, 0.25) is 0 Å². The molecule has 0 radical (unpaired) electrons. The van der Waals surface area contributed by atoms with Crippen LogP contribution >= 0.6 is 12.4 Å². The Morgan fingerprint density at radius 2 is 2.62 bits per heavy atom. The maximum Gasteiger partial charge on any atom is 0.424 e. The Morgan fingerprint density at radius 3 is 2.75 bits per heavy atom. The van der Waals surface area contributed by atoms with Gasteiger partial charge in [0.05, 0.1) is 12.0 Å². The Hall–Kier alpha value is -0.480. The molecule has 1 rings (SSSR count). The highest BCUT2D eigenvalue weighted by Gasteiger charge is 2.16. The Morgan fingerprint density at radius 1 is 2.00 bits per heavy atom. The molecule has 8 heavy (non-hydrogen) atoms. The van der Waals surface area contributed by atoms with Crippen molar-refractivity contribution in [2.45, 2.75) is 0 Å². The molecule has 1 aliphatic rings. The lowest BCUT2D eigenvalue weighted by molar-refractivity contribution is 0.159. The third-order valence-corrected chi connectivity index (χ3v) is 0.501. The summed E-state index contributed by atoms with van der Waals surface area (Å²) in [6, 6.07) is 0. The Kier molecular flexibility index (Phi) is 0.988. The molecule has 5 heteroatoms. The molecule has 1 fully saturated rings. The average Bonchev–Trinajstić information content (AvgIpc) is 1.93. The van der Waals surface area contributed by atoms with Gasteiger partial charge in [0.15, 0.2) is 0 Å². The van der Waals surface area contributed by atoms with Gasteiger partial charge in [-0.1, -0.05) is 0 Å². The van der Waals surface area contributed by atoms with Crippen molar-refractivity contribution in [3.05, 3.63) is 0 Å². The molecule has 2 N–H and O–H groups in total. The van der Waals surface area contributed by atoms with Gasteiger partial charge in [0.25, 0.3) is 0 Å². The molecule has 0 aromatic carbocycles. The lowest BCUT2D eigenvalue weighted by Crippen LogP contribution is -2.31. The third kappa shape index (κ3) is 1.24. The predicted octanol–water partition coefficient (Wildman–Crippen LogP) is -0.266. The summed E-state index contributed by atoms with van der Waals surface area (Å²) in [6.45, 7) is -5.29. The molecule has 1 saturated heterocycles. The molecule has 0 unspecified atom stereocenters. The van der Waals surface area contributed by atoms with Crippen molar-refractivity contribution < 1.29 is 15.0 Å². The number of amides is 1. The number of cyclic esters (lactones) is 1. The van der Waals surface area contributed by atoms with Crippen LogP contribution in [0.4, 0.5) is 4.79 Å². The van der Waals surface area contributed by atoms with E-state index < -0.39 is 19.1 Å². The summed E-state index contributed by atoms with van der Waals surface area (Å²) in [6.07, 6.45) is -1.21. The SMILES string of the molecule is Cl.[2H]C1([2H])OC(=O)N(N)C1([2H])[2H]. The molecule has 0 aromatic rings. The minimum atomic E-state index is -2.68. The quantitative estimate of drug-likeness (QED) is 0.374. The minimum absolute atomic E-state index is 0.